The van der Waals surface area contributed by atoms with Crippen molar-refractivity contribution in [2.24, 2.45) is 0 Å². The van der Waals surface area contributed by atoms with E-state index >= 15 is 0 Å². The molecule has 0 fully saturated rings. The van der Waals surface area contributed by atoms with Crippen molar-refractivity contribution in [3.63, 3.8) is 0 Å². The number of amides is 1. The maximum absolute atomic E-state index is 11.6. The molecule has 1 aromatic rings. The van der Waals surface area contributed by atoms with Gasteiger partial charge in [-0.05, 0) is 31.0 Å². The molecule has 1 atom stereocenters. The molecular formula is C14H25N3O. The second-order valence-electron chi connectivity index (χ2n) is 4.49. The zero-order chi connectivity index (χ0) is 13.4. The summed E-state index contributed by atoms with van der Waals surface area (Å²) >= 11 is 0. The third-order valence-corrected chi connectivity index (χ3v) is 2.93. The molecule has 0 bridgehead atoms. The molecule has 0 aliphatic carbocycles. The fraction of sp³-hybridized carbons (Fsp3) is 0.643. The fourth-order valence-electron chi connectivity index (χ4n) is 1.99. The lowest BCUT2D eigenvalue weighted by atomic mass is 10.1. The van der Waals surface area contributed by atoms with Gasteiger partial charge in [0.15, 0.2) is 0 Å². The molecule has 1 amide bonds. The number of nitrogens with one attached hydrogen (secondary N) is 2. The molecule has 4 heteroatoms. The largest absolute Gasteiger partial charge is 0.355 e. The third kappa shape index (κ3) is 4.53. The fourth-order valence-corrected chi connectivity index (χ4v) is 1.99. The molecule has 1 rings (SSSR count). The number of hydrogen-bond acceptors (Lipinski definition) is 2. The third-order valence-electron chi connectivity index (χ3n) is 2.93. The molecule has 0 aliphatic rings. The SMILES string of the molecule is CCCNC(=O)Cn1ccc(C(CC)NCC)c1. The Hall–Kier alpha value is -1.29. The summed E-state index contributed by atoms with van der Waals surface area (Å²) in [5.74, 6) is 0.0792. The van der Waals surface area contributed by atoms with Crippen LogP contribution in [0.2, 0.25) is 0 Å². The van der Waals surface area contributed by atoms with Gasteiger partial charge in [-0.3, -0.25) is 4.79 Å². The number of aromatic nitrogens is 1. The second kappa shape index (κ2) is 7.93. The number of carbonyl (C=O) groups excluding carboxylic acids is 1. The van der Waals surface area contributed by atoms with Gasteiger partial charge < -0.3 is 15.2 Å². The molecule has 0 spiro atoms. The van der Waals surface area contributed by atoms with Crippen LogP contribution in [-0.2, 0) is 11.3 Å². The van der Waals surface area contributed by atoms with Crippen molar-refractivity contribution in [1.82, 2.24) is 15.2 Å². The predicted molar refractivity (Wildman–Crippen MR) is 74.4 cm³/mol. The van der Waals surface area contributed by atoms with Gasteiger partial charge in [-0.25, -0.2) is 0 Å². The van der Waals surface area contributed by atoms with Crippen molar-refractivity contribution >= 4 is 5.91 Å². The highest BCUT2D eigenvalue weighted by atomic mass is 16.1. The van der Waals surface area contributed by atoms with Crippen molar-refractivity contribution in [3.05, 3.63) is 24.0 Å². The van der Waals surface area contributed by atoms with Crippen molar-refractivity contribution in [2.75, 3.05) is 13.1 Å². The van der Waals surface area contributed by atoms with Crippen LogP contribution in [0.1, 0.15) is 45.2 Å². The first-order valence-corrected chi connectivity index (χ1v) is 6.87. The van der Waals surface area contributed by atoms with E-state index < -0.39 is 0 Å². The van der Waals surface area contributed by atoms with Crippen LogP contribution < -0.4 is 10.6 Å². The molecule has 1 unspecified atom stereocenters. The molecular weight excluding hydrogens is 226 g/mol. The Labute approximate surface area is 110 Å². The lowest BCUT2D eigenvalue weighted by molar-refractivity contribution is -0.121. The van der Waals surface area contributed by atoms with Gasteiger partial charge in [-0.2, -0.15) is 0 Å². The Balaban J connectivity index is 2.54. The van der Waals surface area contributed by atoms with E-state index in [0.717, 1.165) is 25.9 Å². The minimum absolute atomic E-state index is 0.0792. The van der Waals surface area contributed by atoms with Crippen LogP contribution in [0.15, 0.2) is 18.5 Å². The summed E-state index contributed by atoms with van der Waals surface area (Å²) in [6, 6.07) is 2.47. The topological polar surface area (TPSA) is 46.1 Å². The summed E-state index contributed by atoms with van der Waals surface area (Å²) in [6.07, 6.45) is 6.06. The Kier molecular flexibility index (Phi) is 6.50. The summed E-state index contributed by atoms with van der Waals surface area (Å²) in [5, 5.41) is 6.32. The standard InChI is InChI=1S/C14H25N3O/c1-4-8-16-14(18)11-17-9-7-12(10-17)13(5-2)15-6-3/h7,9-10,13,15H,4-6,8,11H2,1-3H3,(H,16,18). The zero-order valence-corrected chi connectivity index (χ0v) is 11.7. The molecule has 1 heterocycles. The molecule has 18 heavy (non-hydrogen) atoms. The first kappa shape index (κ1) is 14.8. The first-order valence-electron chi connectivity index (χ1n) is 6.87. The predicted octanol–water partition coefficient (Wildman–Crippen LogP) is 2.07. The zero-order valence-electron chi connectivity index (χ0n) is 11.7. The Bertz CT molecular complexity index is 360. The van der Waals surface area contributed by atoms with Crippen molar-refractivity contribution < 1.29 is 4.79 Å². The van der Waals surface area contributed by atoms with E-state index in [2.05, 4.69) is 43.7 Å². The smallest absolute Gasteiger partial charge is 0.239 e. The number of carbonyl (C=O) groups is 1. The van der Waals surface area contributed by atoms with Gasteiger partial charge in [0, 0.05) is 25.0 Å². The quantitative estimate of drug-likeness (QED) is 0.743. The van der Waals surface area contributed by atoms with E-state index in [1.54, 1.807) is 0 Å². The minimum Gasteiger partial charge on any atom is -0.355 e. The van der Waals surface area contributed by atoms with E-state index in [-0.39, 0.29) is 5.91 Å². The Morgan fingerprint density at radius 2 is 2.17 bits per heavy atom. The van der Waals surface area contributed by atoms with E-state index in [9.17, 15) is 4.79 Å². The monoisotopic (exact) mass is 251 g/mol. The Morgan fingerprint density at radius 1 is 1.39 bits per heavy atom. The maximum Gasteiger partial charge on any atom is 0.239 e. The van der Waals surface area contributed by atoms with Gasteiger partial charge in [-0.15, -0.1) is 0 Å². The maximum atomic E-state index is 11.6. The lowest BCUT2D eigenvalue weighted by Gasteiger charge is -2.13. The first-order chi connectivity index (χ1) is 8.71. The molecule has 4 nitrogen and oxygen atoms in total. The van der Waals surface area contributed by atoms with Gasteiger partial charge >= 0.3 is 0 Å². The van der Waals surface area contributed by atoms with Crippen molar-refractivity contribution in [3.8, 4) is 0 Å². The summed E-state index contributed by atoms with van der Waals surface area (Å²) in [6.45, 7) is 8.44. The molecule has 0 aromatic carbocycles. The second-order valence-corrected chi connectivity index (χ2v) is 4.49. The van der Waals surface area contributed by atoms with Gasteiger partial charge in [0.2, 0.25) is 5.91 Å². The number of hydrogen-bond donors (Lipinski definition) is 2. The van der Waals surface area contributed by atoms with E-state index in [1.165, 1.54) is 5.56 Å². The van der Waals surface area contributed by atoms with Crippen LogP contribution in [0.25, 0.3) is 0 Å². The average molecular weight is 251 g/mol. The van der Waals surface area contributed by atoms with Crippen LogP contribution in [0.4, 0.5) is 0 Å². The summed E-state index contributed by atoms with van der Waals surface area (Å²) in [4.78, 5) is 11.6. The van der Waals surface area contributed by atoms with E-state index in [0.29, 0.717) is 12.6 Å². The molecule has 0 radical (unpaired) electrons. The molecule has 2 N–H and O–H groups in total. The van der Waals surface area contributed by atoms with Crippen molar-refractivity contribution in [1.29, 1.82) is 0 Å². The molecule has 102 valence electrons. The van der Waals surface area contributed by atoms with Gasteiger partial charge in [0.05, 0.1) is 0 Å². The van der Waals surface area contributed by atoms with Crippen LogP contribution in [-0.4, -0.2) is 23.6 Å². The normalized spacial score (nSPS) is 12.4. The van der Waals surface area contributed by atoms with Gasteiger partial charge in [0.25, 0.3) is 0 Å². The van der Waals surface area contributed by atoms with Crippen LogP contribution in [0.3, 0.4) is 0 Å². The minimum atomic E-state index is 0.0792. The van der Waals surface area contributed by atoms with Gasteiger partial charge in [0.1, 0.15) is 6.54 Å². The van der Waals surface area contributed by atoms with Crippen LogP contribution in [0.5, 0.6) is 0 Å². The number of nitrogens with zero attached hydrogens (tertiary/aromatic N) is 1. The highest BCUT2D eigenvalue weighted by molar-refractivity contribution is 5.75. The van der Waals surface area contributed by atoms with Gasteiger partial charge in [-0.1, -0.05) is 20.8 Å². The summed E-state index contributed by atoms with van der Waals surface area (Å²) in [7, 11) is 0. The van der Waals surface area contributed by atoms with Crippen LogP contribution >= 0.6 is 0 Å². The average Bonchev–Trinajstić information content (AvgIpc) is 2.81. The van der Waals surface area contributed by atoms with Crippen molar-refractivity contribution in [2.45, 2.75) is 46.2 Å². The lowest BCUT2D eigenvalue weighted by Crippen LogP contribution is -2.27. The molecule has 0 saturated heterocycles. The molecule has 0 aliphatic heterocycles. The highest BCUT2D eigenvalue weighted by Crippen LogP contribution is 2.16. The van der Waals surface area contributed by atoms with E-state index in [1.807, 2.05) is 10.8 Å². The van der Waals surface area contributed by atoms with Crippen LogP contribution in [0, 0.1) is 0 Å². The van der Waals surface area contributed by atoms with E-state index in [4.69, 9.17) is 0 Å². The molecule has 0 saturated carbocycles. The molecule has 1 aromatic heterocycles. The summed E-state index contributed by atoms with van der Waals surface area (Å²) in [5.41, 5.74) is 1.25. The number of rotatable bonds is 8. The summed E-state index contributed by atoms with van der Waals surface area (Å²) < 4.78 is 1.94. The highest BCUT2D eigenvalue weighted by Gasteiger charge is 2.10. The Morgan fingerprint density at radius 3 is 2.78 bits per heavy atom.